The Morgan fingerprint density at radius 2 is 1.27 bits per heavy atom. The van der Waals surface area contributed by atoms with Crippen LogP contribution in [0.15, 0.2) is 174 Å². The molecule has 0 saturated carbocycles. The van der Waals surface area contributed by atoms with Gasteiger partial charge in [0.2, 0.25) is 0 Å². The summed E-state index contributed by atoms with van der Waals surface area (Å²) in [4.78, 5) is 4.02. The second-order valence-corrected chi connectivity index (χ2v) is 15.9. The van der Waals surface area contributed by atoms with E-state index in [9.17, 15) is 0 Å². The zero-order valence-electron chi connectivity index (χ0n) is 28.1. The van der Waals surface area contributed by atoms with Crippen LogP contribution in [0.5, 0.6) is 0 Å². The number of fused-ring (bicyclic) bond motifs is 10. The highest BCUT2D eigenvalue weighted by Gasteiger charge is 2.37. The Kier molecular flexibility index (Phi) is 6.94. The Morgan fingerprint density at radius 1 is 0.519 bits per heavy atom. The minimum atomic E-state index is 0.0105. The van der Waals surface area contributed by atoms with Gasteiger partial charge in [0.05, 0.1) is 23.5 Å². The molecule has 0 spiro atoms. The minimum absolute atomic E-state index is 0.0105. The summed E-state index contributed by atoms with van der Waals surface area (Å²) >= 11 is 3.79. The fourth-order valence-electron chi connectivity index (χ4n) is 8.33. The fourth-order valence-corrected chi connectivity index (χ4v) is 10.9. The summed E-state index contributed by atoms with van der Waals surface area (Å²) in [7, 11) is 0. The quantitative estimate of drug-likeness (QED) is 0.171. The van der Waals surface area contributed by atoms with Crippen molar-refractivity contribution in [2.45, 2.75) is 23.1 Å². The van der Waals surface area contributed by atoms with Crippen molar-refractivity contribution in [3.63, 3.8) is 0 Å². The van der Waals surface area contributed by atoms with Gasteiger partial charge in [0, 0.05) is 35.9 Å². The van der Waals surface area contributed by atoms with Crippen LogP contribution in [0.3, 0.4) is 0 Å². The molecule has 52 heavy (non-hydrogen) atoms. The van der Waals surface area contributed by atoms with Gasteiger partial charge in [0.15, 0.2) is 0 Å². The summed E-state index contributed by atoms with van der Waals surface area (Å²) < 4.78 is 1.33. The summed E-state index contributed by atoms with van der Waals surface area (Å²) in [5.41, 5.74) is 12.6. The number of thiophene rings is 1. The monoisotopic (exact) mass is 703 g/mol. The van der Waals surface area contributed by atoms with E-state index in [0.29, 0.717) is 0 Å². The number of hydrogen-bond acceptors (Lipinski definition) is 5. The zero-order chi connectivity index (χ0) is 34.2. The third-order valence-electron chi connectivity index (χ3n) is 10.8. The predicted octanol–water partition coefficient (Wildman–Crippen LogP) is 12.3. The maximum atomic E-state index is 4.05. The first kappa shape index (κ1) is 30.1. The molecule has 8 aromatic rings. The first-order valence-electron chi connectivity index (χ1n) is 17.9. The largest absolute Gasteiger partial charge is 0.373 e. The number of thioether (sulfide) groups is 1. The van der Waals surface area contributed by atoms with Crippen molar-refractivity contribution in [2.75, 3.05) is 5.32 Å². The highest BCUT2D eigenvalue weighted by molar-refractivity contribution is 8.03. The molecule has 0 amide bonds. The van der Waals surface area contributed by atoms with Crippen molar-refractivity contribution < 1.29 is 0 Å². The van der Waals surface area contributed by atoms with Crippen LogP contribution in [-0.4, -0.2) is 0 Å². The second kappa shape index (κ2) is 12.0. The summed E-state index contributed by atoms with van der Waals surface area (Å²) in [5.74, 6) is 0. The van der Waals surface area contributed by atoms with Crippen LogP contribution in [-0.2, 0) is 0 Å². The molecule has 3 N–H and O–H groups in total. The van der Waals surface area contributed by atoms with Gasteiger partial charge in [-0.2, -0.15) is 0 Å². The van der Waals surface area contributed by atoms with Gasteiger partial charge in [0.25, 0.3) is 0 Å². The zero-order valence-corrected chi connectivity index (χ0v) is 29.8. The number of nitrogens with one attached hydrogen (secondary N) is 3. The Morgan fingerprint density at radius 3 is 2.17 bits per heavy atom. The Hall–Kier alpha value is -5.59. The summed E-state index contributed by atoms with van der Waals surface area (Å²) in [5, 5.41) is 15.7. The standard InChI is InChI=1S/C47H33N3S2/c1-2-12-31(13-3-1)47-49-42(46-44(50-47)36-18-7-9-20-39(36)52-46)30-23-21-28(22-24-30)32-14-10-15-33(27-32)41-40-35-17-6-8-19-38(35)51-45(40)37-26-25-29-11-4-5-16-34(29)43(37)48-41/h1-27,41,44,47-50H. The van der Waals surface area contributed by atoms with Crippen molar-refractivity contribution in [1.82, 2.24) is 10.6 Å². The van der Waals surface area contributed by atoms with E-state index < -0.39 is 0 Å². The van der Waals surface area contributed by atoms with Crippen molar-refractivity contribution in [2.24, 2.45) is 0 Å². The third kappa shape index (κ3) is 4.77. The van der Waals surface area contributed by atoms with E-state index in [-0.39, 0.29) is 18.2 Å². The van der Waals surface area contributed by atoms with Crippen LogP contribution >= 0.6 is 23.1 Å². The molecule has 5 heteroatoms. The number of benzene rings is 7. The molecular weight excluding hydrogens is 671 g/mol. The third-order valence-corrected chi connectivity index (χ3v) is 13.3. The van der Waals surface area contributed by atoms with Crippen LogP contribution < -0.4 is 16.0 Å². The normalized spacial score (nSPS) is 18.7. The molecular formula is C47H33N3S2. The molecule has 3 aliphatic rings. The lowest BCUT2D eigenvalue weighted by atomic mass is 9.87. The molecule has 0 aliphatic carbocycles. The first-order chi connectivity index (χ1) is 25.8. The molecule has 3 unspecified atom stereocenters. The predicted molar refractivity (Wildman–Crippen MR) is 220 cm³/mol. The highest BCUT2D eigenvalue weighted by atomic mass is 32.2. The van der Waals surface area contributed by atoms with E-state index in [0.717, 1.165) is 0 Å². The van der Waals surface area contributed by atoms with Crippen molar-refractivity contribution in [3.05, 3.63) is 197 Å². The summed E-state index contributed by atoms with van der Waals surface area (Å²) in [6.07, 6.45) is 0.0105. The van der Waals surface area contributed by atoms with Crippen LogP contribution in [0.25, 0.3) is 48.1 Å². The summed E-state index contributed by atoms with van der Waals surface area (Å²) in [6, 6.07) is 60.1. The number of rotatable bonds is 4. The molecule has 0 fully saturated rings. The van der Waals surface area contributed by atoms with E-state index in [1.54, 1.807) is 0 Å². The van der Waals surface area contributed by atoms with E-state index in [1.807, 2.05) is 23.1 Å². The van der Waals surface area contributed by atoms with E-state index >= 15 is 0 Å². The van der Waals surface area contributed by atoms with Crippen molar-refractivity contribution >= 4 is 55.3 Å². The van der Waals surface area contributed by atoms with Gasteiger partial charge < -0.3 is 10.6 Å². The van der Waals surface area contributed by atoms with Crippen molar-refractivity contribution in [3.8, 4) is 21.6 Å². The second-order valence-electron chi connectivity index (χ2n) is 13.8. The van der Waals surface area contributed by atoms with E-state index in [1.165, 1.54) is 91.4 Å². The summed E-state index contributed by atoms with van der Waals surface area (Å²) in [6.45, 7) is 0. The van der Waals surface area contributed by atoms with Gasteiger partial charge >= 0.3 is 0 Å². The molecule has 3 aliphatic heterocycles. The first-order valence-corrected chi connectivity index (χ1v) is 19.5. The van der Waals surface area contributed by atoms with Gasteiger partial charge in [-0.05, 0) is 62.4 Å². The van der Waals surface area contributed by atoms with E-state index in [2.05, 4.69) is 180 Å². The van der Waals surface area contributed by atoms with Crippen LogP contribution in [0.1, 0.15) is 46.1 Å². The van der Waals surface area contributed by atoms with Gasteiger partial charge in [-0.3, -0.25) is 5.32 Å². The lowest BCUT2D eigenvalue weighted by molar-refractivity contribution is 0.439. The molecule has 1 aromatic heterocycles. The number of hydrogen-bond donors (Lipinski definition) is 3. The maximum Gasteiger partial charge on any atom is 0.104 e. The van der Waals surface area contributed by atoms with Crippen LogP contribution in [0, 0.1) is 0 Å². The maximum absolute atomic E-state index is 4.05. The Bertz CT molecular complexity index is 2710. The lowest BCUT2D eigenvalue weighted by Gasteiger charge is -2.34. The molecule has 0 bridgehead atoms. The van der Waals surface area contributed by atoms with Gasteiger partial charge in [-0.25, -0.2) is 0 Å². The minimum Gasteiger partial charge on any atom is -0.373 e. The SMILES string of the molecule is c1ccc(C2NC(c3ccc(-c4cccc(C5Nc6c(ccc7ccccc67)-c6sc7ccccc7c65)c4)cc3)=C3Sc4ccccc4C3N2)cc1. The molecule has 7 aromatic carbocycles. The van der Waals surface area contributed by atoms with E-state index in [4.69, 9.17) is 0 Å². The molecule has 0 saturated heterocycles. The average Bonchev–Trinajstić information content (AvgIpc) is 3.80. The van der Waals surface area contributed by atoms with Crippen LogP contribution in [0.2, 0.25) is 0 Å². The lowest BCUT2D eigenvalue weighted by Crippen LogP contribution is -2.40. The molecule has 11 rings (SSSR count). The fraction of sp³-hybridized carbons (Fsp3) is 0.0638. The molecule has 0 radical (unpaired) electrons. The Balaban J connectivity index is 0.977. The van der Waals surface area contributed by atoms with Gasteiger partial charge in [-0.15, -0.1) is 11.3 Å². The smallest absolute Gasteiger partial charge is 0.104 e. The molecule has 3 nitrogen and oxygen atoms in total. The molecule has 3 atom stereocenters. The number of anilines is 1. The van der Waals surface area contributed by atoms with Crippen LogP contribution in [0.4, 0.5) is 5.69 Å². The highest BCUT2D eigenvalue weighted by Crippen LogP contribution is 2.54. The van der Waals surface area contributed by atoms with Gasteiger partial charge in [0.1, 0.15) is 6.17 Å². The van der Waals surface area contributed by atoms with Crippen molar-refractivity contribution in [1.29, 1.82) is 0 Å². The van der Waals surface area contributed by atoms with Gasteiger partial charge in [-0.1, -0.05) is 157 Å². The Labute approximate surface area is 311 Å². The topological polar surface area (TPSA) is 36.1 Å². The molecule has 4 heterocycles. The molecule has 248 valence electrons. The average molecular weight is 704 g/mol.